The molecule has 2 rings (SSSR count). The van der Waals surface area contributed by atoms with Crippen LogP contribution >= 0.6 is 27.5 Å². The highest BCUT2D eigenvalue weighted by Gasteiger charge is 2.35. The molecule has 0 amide bonds. The van der Waals surface area contributed by atoms with Crippen LogP contribution in [0.1, 0.15) is 24.8 Å². The predicted molar refractivity (Wildman–Crippen MR) is 58.8 cm³/mol. The summed E-state index contributed by atoms with van der Waals surface area (Å²) in [4.78, 5) is 0. The zero-order chi connectivity index (χ0) is 10.3. The van der Waals surface area contributed by atoms with Crippen LogP contribution in [0.25, 0.3) is 0 Å². The summed E-state index contributed by atoms with van der Waals surface area (Å²) < 4.78 is 13.7. The van der Waals surface area contributed by atoms with Gasteiger partial charge in [0.2, 0.25) is 0 Å². The van der Waals surface area contributed by atoms with Crippen LogP contribution < -0.4 is 5.73 Å². The maximum Gasteiger partial charge on any atom is 0.139 e. The summed E-state index contributed by atoms with van der Waals surface area (Å²) in [5.41, 5.74) is 6.52. The van der Waals surface area contributed by atoms with E-state index in [0.717, 1.165) is 24.8 Å². The summed E-state index contributed by atoms with van der Waals surface area (Å²) >= 11 is 8.94. The highest BCUT2D eigenvalue weighted by molar-refractivity contribution is 9.10. The van der Waals surface area contributed by atoms with Gasteiger partial charge in [0.25, 0.3) is 0 Å². The average molecular weight is 279 g/mol. The molecule has 0 spiro atoms. The summed E-state index contributed by atoms with van der Waals surface area (Å²) in [5.74, 6) is -0.343. The third kappa shape index (κ3) is 1.58. The first kappa shape index (κ1) is 10.4. The van der Waals surface area contributed by atoms with Crippen molar-refractivity contribution < 1.29 is 4.39 Å². The van der Waals surface area contributed by atoms with Crippen LogP contribution in [0.4, 0.5) is 4.39 Å². The Morgan fingerprint density at radius 2 is 2.07 bits per heavy atom. The van der Waals surface area contributed by atoms with Crippen molar-refractivity contribution in [2.24, 2.45) is 5.73 Å². The Morgan fingerprint density at radius 3 is 2.50 bits per heavy atom. The van der Waals surface area contributed by atoms with E-state index in [9.17, 15) is 4.39 Å². The summed E-state index contributed by atoms with van der Waals surface area (Å²) in [6.45, 7) is 0. The molecule has 0 bridgehead atoms. The van der Waals surface area contributed by atoms with E-state index >= 15 is 0 Å². The minimum atomic E-state index is -0.356. The van der Waals surface area contributed by atoms with E-state index in [-0.39, 0.29) is 11.4 Å². The molecule has 76 valence electrons. The highest BCUT2D eigenvalue weighted by Crippen LogP contribution is 2.41. The van der Waals surface area contributed by atoms with Gasteiger partial charge in [-0.3, -0.25) is 0 Å². The molecule has 0 aliphatic heterocycles. The van der Waals surface area contributed by atoms with Crippen molar-refractivity contribution in [2.75, 3.05) is 0 Å². The molecule has 0 radical (unpaired) electrons. The molecule has 1 fully saturated rings. The summed E-state index contributed by atoms with van der Waals surface area (Å²) in [7, 11) is 0. The predicted octanol–water partition coefficient (Wildman–Crippen LogP) is 3.58. The van der Waals surface area contributed by atoms with E-state index in [1.165, 1.54) is 6.07 Å². The lowest BCUT2D eigenvalue weighted by Gasteiger charge is -2.38. The van der Waals surface area contributed by atoms with Crippen molar-refractivity contribution >= 4 is 27.5 Å². The van der Waals surface area contributed by atoms with Crippen LogP contribution in [-0.4, -0.2) is 0 Å². The van der Waals surface area contributed by atoms with Gasteiger partial charge in [-0.05, 0) is 52.9 Å². The van der Waals surface area contributed by atoms with Gasteiger partial charge in [-0.1, -0.05) is 11.6 Å². The first-order valence-corrected chi connectivity index (χ1v) is 5.64. The van der Waals surface area contributed by atoms with Crippen LogP contribution in [0.3, 0.4) is 0 Å². The van der Waals surface area contributed by atoms with Gasteiger partial charge in [0.1, 0.15) is 5.82 Å². The molecule has 0 atom stereocenters. The van der Waals surface area contributed by atoms with Crippen molar-refractivity contribution in [3.63, 3.8) is 0 Å². The number of halogens is 3. The van der Waals surface area contributed by atoms with Gasteiger partial charge in [0.15, 0.2) is 0 Å². The molecular formula is C10H10BrClFN. The summed E-state index contributed by atoms with van der Waals surface area (Å²) in [6.07, 6.45) is 2.92. The molecule has 0 saturated heterocycles. The van der Waals surface area contributed by atoms with E-state index in [2.05, 4.69) is 15.9 Å². The molecule has 0 unspecified atom stereocenters. The zero-order valence-corrected chi connectivity index (χ0v) is 9.83. The van der Waals surface area contributed by atoms with Gasteiger partial charge in [-0.25, -0.2) is 4.39 Å². The SMILES string of the molecule is NC1(c2cc(F)c(Br)c(Cl)c2)CCC1. The van der Waals surface area contributed by atoms with Gasteiger partial charge in [0.05, 0.1) is 9.50 Å². The fourth-order valence-corrected chi connectivity index (χ4v) is 2.13. The van der Waals surface area contributed by atoms with E-state index in [4.69, 9.17) is 17.3 Å². The largest absolute Gasteiger partial charge is 0.321 e. The molecule has 0 heterocycles. The molecule has 14 heavy (non-hydrogen) atoms. The lowest BCUT2D eigenvalue weighted by molar-refractivity contribution is 0.253. The Balaban J connectivity index is 2.45. The van der Waals surface area contributed by atoms with Gasteiger partial charge >= 0.3 is 0 Å². The van der Waals surface area contributed by atoms with Crippen LogP contribution in [0.2, 0.25) is 5.02 Å². The molecular weight excluding hydrogens is 268 g/mol. The fourth-order valence-electron chi connectivity index (χ4n) is 1.69. The van der Waals surface area contributed by atoms with Gasteiger partial charge in [-0.2, -0.15) is 0 Å². The topological polar surface area (TPSA) is 26.0 Å². The van der Waals surface area contributed by atoms with E-state index in [1.54, 1.807) is 6.07 Å². The molecule has 4 heteroatoms. The number of hydrogen-bond acceptors (Lipinski definition) is 1. The number of benzene rings is 1. The molecule has 1 aliphatic carbocycles. The molecule has 1 nitrogen and oxygen atoms in total. The summed E-state index contributed by atoms with van der Waals surface area (Å²) in [5, 5.41) is 0.386. The third-order valence-electron chi connectivity index (χ3n) is 2.80. The van der Waals surface area contributed by atoms with Crippen LogP contribution in [0.15, 0.2) is 16.6 Å². The standard InChI is InChI=1S/C10H10BrClFN/c11-9-7(12)4-6(5-8(9)13)10(14)2-1-3-10/h4-5H,1-3,14H2. The minimum Gasteiger partial charge on any atom is -0.321 e. The minimum absolute atomic E-state index is 0.311. The average Bonchev–Trinajstić information content (AvgIpc) is 2.09. The van der Waals surface area contributed by atoms with E-state index in [1.807, 2.05) is 0 Å². The molecule has 0 aromatic heterocycles. The van der Waals surface area contributed by atoms with Gasteiger partial charge in [0, 0.05) is 5.54 Å². The molecule has 2 N–H and O–H groups in total. The Morgan fingerprint density at radius 1 is 1.43 bits per heavy atom. The Labute approximate surface area is 95.6 Å². The van der Waals surface area contributed by atoms with Crippen LogP contribution in [-0.2, 0) is 5.54 Å². The number of nitrogens with two attached hydrogens (primary N) is 1. The Bertz CT molecular complexity index is 353. The second-order valence-corrected chi connectivity index (χ2v) is 4.96. The van der Waals surface area contributed by atoms with Gasteiger partial charge < -0.3 is 5.73 Å². The fraction of sp³-hybridized carbons (Fsp3) is 0.400. The Kier molecular flexibility index (Phi) is 2.58. The van der Waals surface area contributed by atoms with E-state index < -0.39 is 0 Å². The lowest BCUT2D eigenvalue weighted by Crippen LogP contribution is -2.43. The third-order valence-corrected chi connectivity index (χ3v) is 4.14. The van der Waals surface area contributed by atoms with Crippen molar-refractivity contribution in [3.8, 4) is 0 Å². The van der Waals surface area contributed by atoms with Crippen molar-refractivity contribution in [1.29, 1.82) is 0 Å². The summed E-state index contributed by atoms with van der Waals surface area (Å²) in [6, 6.07) is 3.21. The second-order valence-electron chi connectivity index (χ2n) is 3.76. The first-order chi connectivity index (χ1) is 6.53. The van der Waals surface area contributed by atoms with Crippen molar-refractivity contribution in [3.05, 3.63) is 33.0 Å². The van der Waals surface area contributed by atoms with Crippen molar-refractivity contribution in [1.82, 2.24) is 0 Å². The quantitative estimate of drug-likeness (QED) is 0.781. The number of hydrogen-bond donors (Lipinski definition) is 1. The van der Waals surface area contributed by atoms with E-state index in [0.29, 0.717) is 9.50 Å². The van der Waals surface area contributed by atoms with Gasteiger partial charge in [-0.15, -0.1) is 0 Å². The molecule has 1 aromatic carbocycles. The van der Waals surface area contributed by atoms with Crippen LogP contribution in [0.5, 0.6) is 0 Å². The smallest absolute Gasteiger partial charge is 0.139 e. The maximum atomic E-state index is 13.3. The Hall–Kier alpha value is -0.120. The highest BCUT2D eigenvalue weighted by atomic mass is 79.9. The first-order valence-electron chi connectivity index (χ1n) is 4.47. The molecule has 1 aliphatic rings. The molecule has 1 aromatic rings. The zero-order valence-electron chi connectivity index (χ0n) is 7.49. The lowest BCUT2D eigenvalue weighted by atomic mass is 9.73. The second kappa shape index (κ2) is 3.47. The monoisotopic (exact) mass is 277 g/mol. The van der Waals surface area contributed by atoms with Crippen LogP contribution in [0, 0.1) is 5.82 Å². The van der Waals surface area contributed by atoms with Crippen molar-refractivity contribution in [2.45, 2.75) is 24.8 Å². The maximum absolute atomic E-state index is 13.3. The molecule has 1 saturated carbocycles. The normalized spacial score (nSPS) is 19.1. The number of rotatable bonds is 1.